The summed E-state index contributed by atoms with van der Waals surface area (Å²) in [4.78, 5) is 4.58. The Kier molecular flexibility index (Phi) is 5.94. The summed E-state index contributed by atoms with van der Waals surface area (Å²) in [6.07, 6.45) is 1.65. The average molecular weight is 352 g/mol. The summed E-state index contributed by atoms with van der Waals surface area (Å²) in [7, 11) is 0. The number of hydrogen-bond donors (Lipinski definition) is 1. The summed E-state index contributed by atoms with van der Waals surface area (Å²) in [5.74, 6) is 1.72. The molecule has 0 amide bonds. The molecular formula is C16H22BrN3O. The zero-order chi connectivity index (χ0) is 15.2. The van der Waals surface area contributed by atoms with Gasteiger partial charge in [0.1, 0.15) is 0 Å². The summed E-state index contributed by atoms with van der Waals surface area (Å²) in [5.41, 5.74) is 1.16. The van der Waals surface area contributed by atoms with E-state index in [4.69, 9.17) is 4.52 Å². The van der Waals surface area contributed by atoms with Gasteiger partial charge in [-0.1, -0.05) is 53.1 Å². The van der Waals surface area contributed by atoms with Gasteiger partial charge in [-0.2, -0.15) is 4.98 Å². The number of rotatable bonds is 7. The molecule has 4 nitrogen and oxygen atoms in total. The van der Waals surface area contributed by atoms with Crippen molar-refractivity contribution in [1.29, 1.82) is 0 Å². The maximum absolute atomic E-state index is 5.48. The maximum Gasteiger partial charge on any atom is 0.231 e. The Hall–Kier alpha value is -1.20. The number of benzene rings is 1. The summed E-state index contributed by atoms with van der Waals surface area (Å²) >= 11 is 3.55. The van der Waals surface area contributed by atoms with Gasteiger partial charge in [0.25, 0.3) is 0 Å². The molecule has 2 unspecified atom stereocenters. The molecule has 0 spiro atoms. The van der Waals surface area contributed by atoms with E-state index in [1.165, 1.54) is 0 Å². The highest BCUT2D eigenvalue weighted by Crippen LogP contribution is 2.23. The SMILES string of the molecule is CCNC(C)C(CC)c1nc(Cc2ccccc2Br)no1. The highest BCUT2D eigenvalue weighted by Gasteiger charge is 2.23. The molecule has 0 aliphatic heterocycles. The second-order valence-corrected chi connectivity index (χ2v) is 6.03. The predicted octanol–water partition coefficient (Wildman–Crippen LogP) is 3.91. The van der Waals surface area contributed by atoms with E-state index in [0.29, 0.717) is 12.5 Å². The first-order chi connectivity index (χ1) is 10.2. The van der Waals surface area contributed by atoms with Crippen LogP contribution in [0.2, 0.25) is 0 Å². The van der Waals surface area contributed by atoms with Gasteiger partial charge in [0.2, 0.25) is 5.89 Å². The van der Waals surface area contributed by atoms with E-state index in [0.717, 1.165) is 34.7 Å². The van der Waals surface area contributed by atoms with E-state index < -0.39 is 0 Å². The van der Waals surface area contributed by atoms with Crippen molar-refractivity contribution in [2.75, 3.05) is 6.54 Å². The largest absolute Gasteiger partial charge is 0.339 e. The zero-order valence-electron chi connectivity index (χ0n) is 12.8. The molecule has 0 fully saturated rings. The minimum atomic E-state index is 0.255. The van der Waals surface area contributed by atoms with Gasteiger partial charge in [-0.15, -0.1) is 0 Å². The van der Waals surface area contributed by atoms with Gasteiger partial charge in [0, 0.05) is 16.9 Å². The van der Waals surface area contributed by atoms with E-state index in [1.807, 2.05) is 18.2 Å². The number of halogens is 1. The van der Waals surface area contributed by atoms with Gasteiger partial charge >= 0.3 is 0 Å². The second-order valence-electron chi connectivity index (χ2n) is 5.18. The molecule has 0 aliphatic rings. The van der Waals surface area contributed by atoms with Crippen molar-refractivity contribution in [2.24, 2.45) is 0 Å². The van der Waals surface area contributed by atoms with Crippen LogP contribution in [0, 0.1) is 0 Å². The molecule has 2 atom stereocenters. The van der Waals surface area contributed by atoms with Crippen molar-refractivity contribution in [1.82, 2.24) is 15.5 Å². The minimum absolute atomic E-state index is 0.255. The van der Waals surface area contributed by atoms with Crippen LogP contribution < -0.4 is 5.32 Å². The third kappa shape index (κ3) is 4.14. The van der Waals surface area contributed by atoms with Gasteiger partial charge in [0.15, 0.2) is 5.82 Å². The average Bonchev–Trinajstić information content (AvgIpc) is 2.91. The number of aromatic nitrogens is 2. The Labute approximate surface area is 134 Å². The lowest BCUT2D eigenvalue weighted by Crippen LogP contribution is -2.31. The van der Waals surface area contributed by atoms with E-state index in [1.54, 1.807) is 0 Å². The topological polar surface area (TPSA) is 51.0 Å². The first-order valence-corrected chi connectivity index (χ1v) is 8.24. The molecule has 21 heavy (non-hydrogen) atoms. The fourth-order valence-electron chi connectivity index (χ4n) is 2.51. The normalized spacial score (nSPS) is 14.1. The van der Waals surface area contributed by atoms with Gasteiger partial charge in [-0.3, -0.25) is 0 Å². The molecule has 1 aromatic carbocycles. The van der Waals surface area contributed by atoms with Crippen LogP contribution in [0.3, 0.4) is 0 Å². The van der Waals surface area contributed by atoms with Crippen LogP contribution in [-0.4, -0.2) is 22.7 Å². The quantitative estimate of drug-likeness (QED) is 0.821. The molecule has 2 aromatic rings. The Morgan fingerprint density at radius 2 is 2.05 bits per heavy atom. The lowest BCUT2D eigenvalue weighted by molar-refractivity contribution is 0.316. The molecule has 1 aromatic heterocycles. The van der Waals surface area contributed by atoms with Crippen molar-refractivity contribution in [3.63, 3.8) is 0 Å². The molecule has 0 bridgehead atoms. The molecule has 1 heterocycles. The number of nitrogens with zero attached hydrogens (tertiary/aromatic N) is 2. The smallest absolute Gasteiger partial charge is 0.231 e. The van der Waals surface area contributed by atoms with Crippen molar-refractivity contribution in [2.45, 2.75) is 45.6 Å². The van der Waals surface area contributed by atoms with E-state index in [2.05, 4.69) is 58.2 Å². The monoisotopic (exact) mass is 351 g/mol. The van der Waals surface area contributed by atoms with Gasteiger partial charge in [-0.25, -0.2) is 0 Å². The van der Waals surface area contributed by atoms with Crippen molar-refractivity contribution < 1.29 is 4.52 Å². The van der Waals surface area contributed by atoms with Crippen LogP contribution in [0.5, 0.6) is 0 Å². The highest BCUT2D eigenvalue weighted by molar-refractivity contribution is 9.10. The zero-order valence-corrected chi connectivity index (χ0v) is 14.4. The predicted molar refractivity (Wildman–Crippen MR) is 87.4 cm³/mol. The summed E-state index contributed by atoms with van der Waals surface area (Å²) < 4.78 is 6.55. The number of hydrogen-bond acceptors (Lipinski definition) is 4. The summed E-state index contributed by atoms with van der Waals surface area (Å²) in [6.45, 7) is 7.36. The third-order valence-electron chi connectivity index (χ3n) is 3.68. The molecule has 0 saturated heterocycles. The summed E-state index contributed by atoms with van der Waals surface area (Å²) in [6, 6.07) is 8.44. The van der Waals surface area contributed by atoms with Crippen molar-refractivity contribution >= 4 is 15.9 Å². The van der Waals surface area contributed by atoms with Crippen LogP contribution in [0.1, 0.15) is 50.4 Å². The van der Waals surface area contributed by atoms with Gasteiger partial charge < -0.3 is 9.84 Å². The lowest BCUT2D eigenvalue weighted by Gasteiger charge is -2.19. The van der Waals surface area contributed by atoms with E-state index in [-0.39, 0.29) is 5.92 Å². The van der Waals surface area contributed by atoms with Crippen LogP contribution in [-0.2, 0) is 6.42 Å². The molecule has 0 saturated carbocycles. The molecule has 1 N–H and O–H groups in total. The lowest BCUT2D eigenvalue weighted by atomic mass is 9.98. The van der Waals surface area contributed by atoms with E-state index >= 15 is 0 Å². The molecule has 5 heteroatoms. The maximum atomic E-state index is 5.48. The fourth-order valence-corrected chi connectivity index (χ4v) is 2.93. The molecule has 114 valence electrons. The van der Waals surface area contributed by atoms with Crippen LogP contribution in [0.25, 0.3) is 0 Å². The highest BCUT2D eigenvalue weighted by atomic mass is 79.9. The van der Waals surface area contributed by atoms with Crippen molar-refractivity contribution in [3.8, 4) is 0 Å². The van der Waals surface area contributed by atoms with Gasteiger partial charge in [0.05, 0.1) is 5.92 Å². The molecular weight excluding hydrogens is 330 g/mol. The number of nitrogens with one attached hydrogen (secondary N) is 1. The van der Waals surface area contributed by atoms with Crippen molar-refractivity contribution in [3.05, 3.63) is 46.0 Å². The van der Waals surface area contributed by atoms with Gasteiger partial charge in [-0.05, 0) is 31.5 Å². The Bertz CT molecular complexity index is 570. The number of likely N-dealkylation sites (N-methyl/N-ethyl adjacent to an activating group) is 1. The fraction of sp³-hybridized carbons (Fsp3) is 0.500. The standard InChI is InChI=1S/C16H22BrN3O/c1-4-13(11(3)18-5-2)16-19-15(20-21-16)10-12-8-6-7-9-14(12)17/h6-9,11,13,18H,4-5,10H2,1-3H3. The van der Waals surface area contributed by atoms with Crippen LogP contribution >= 0.6 is 15.9 Å². The minimum Gasteiger partial charge on any atom is -0.339 e. The van der Waals surface area contributed by atoms with Crippen LogP contribution in [0.15, 0.2) is 33.3 Å². The molecule has 0 aliphatic carbocycles. The molecule has 2 rings (SSSR count). The second kappa shape index (κ2) is 7.71. The molecule has 0 radical (unpaired) electrons. The first-order valence-electron chi connectivity index (χ1n) is 7.45. The van der Waals surface area contributed by atoms with E-state index in [9.17, 15) is 0 Å². The van der Waals surface area contributed by atoms with Crippen LogP contribution in [0.4, 0.5) is 0 Å². The Balaban J connectivity index is 2.12. The Morgan fingerprint density at radius 3 is 2.71 bits per heavy atom. The summed E-state index contributed by atoms with van der Waals surface area (Å²) in [5, 5.41) is 7.56. The Morgan fingerprint density at radius 1 is 1.29 bits per heavy atom. The third-order valence-corrected chi connectivity index (χ3v) is 4.45. The first kappa shape index (κ1) is 16.2.